The fourth-order valence-electron chi connectivity index (χ4n) is 4.34. The van der Waals surface area contributed by atoms with Crippen LogP contribution >= 0.6 is 11.3 Å². The van der Waals surface area contributed by atoms with Gasteiger partial charge >= 0.3 is 6.03 Å². The molecule has 1 aliphatic carbocycles. The second kappa shape index (κ2) is 8.37. The van der Waals surface area contributed by atoms with Crippen LogP contribution in [0.4, 0.5) is 9.93 Å². The third-order valence-corrected chi connectivity index (χ3v) is 7.19. The molecule has 1 spiro atoms. The monoisotopic (exact) mass is 441 g/mol. The summed E-state index contributed by atoms with van der Waals surface area (Å²) >= 11 is 1.25. The van der Waals surface area contributed by atoms with Crippen LogP contribution in [0, 0.1) is 5.92 Å². The van der Waals surface area contributed by atoms with E-state index in [0.29, 0.717) is 22.5 Å². The molecule has 2 aromatic rings. The van der Waals surface area contributed by atoms with Crippen molar-refractivity contribution >= 4 is 34.3 Å². The minimum Gasteiger partial charge on any atom is -0.323 e. The van der Waals surface area contributed by atoms with Crippen LogP contribution in [-0.4, -0.2) is 45.0 Å². The first-order valence-electron chi connectivity index (χ1n) is 10.7. The van der Waals surface area contributed by atoms with Crippen molar-refractivity contribution in [2.75, 3.05) is 11.9 Å². The average Bonchev–Trinajstić information content (AvgIpc) is 3.29. The molecular weight excluding hydrogens is 414 g/mol. The summed E-state index contributed by atoms with van der Waals surface area (Å²) in [7, 11) is 0. The zero-order valence-corrected chi connectivity index (χ0v) is 18.8. The van der Waals surface area contributed by atoms with E-state index in [1.165, 1.54) is 16.9 Å². The topological polar surface area (TPSA) is 104 Å². The van der Waals surface area contributed by atoms with Crippen molar-refractivity contribution in [1.82, 2.24) is 20.4 Å². The highest BCUT2D eigenvalue weighted by Gasteiger charge is 2.55. The highest BCUT2D eigenvalue weighted by Crippen LogP contribution is 2.38. The molecule has 2 fully saturated rings. The number of rotatable bonds is 5. The number of imide groups is 1. The largest absolute Gasteiger partial charge is 0.325 e. The van der Waals surface area contributed by atoms with E-state index in [9.17, 15) is 14.4 Å². The predicted molar refractivity (Wildman–Crippen MR) is 119 cm³/mol. The minimum atomic E-state index is -0.867. The van der Waals surface area contributed by atoms with Gasteiger partial charge in [0.05, 0.1) is 0 Å². The number of nitrogens with one attached hydrogen (secondary N) is 2. The fraction of sp³-hybridized carbons (Fsp3) is 0.500. The van der Waals surface area contributed by atoms with Crippen molar-refractivity contribution in [2.24, 2.45) is 5.92 Å². The number of hydrogen-bond donors (Lipinski definition) is 2. The average molecular weight is 442 g/mol. The highest BCUT2D eigenvalue weighted by atomic mass is 32.1. The highest BCUT2D eigenvalue weighted by molar-refractivity contribution is 7.18. The number of anilines is 1. The molecule has 2 atom stereocenters. The van der Waals surface area contributed by atoms with E-state index in [1.54, 1.807) is 0 Å². The minimum absolute atomic E-state index is 0.0542. The number of carbonyl (C=O) groups is 3. The Morgan fingerprint density at radius 1 is 1.26 bits per heavy atom. The van der Waals surface area contributed by atoms with E-state index in [2.05, 4.69) is 46.8 Å². The SMILES string of the molecule is CC(C)c1ccc(-c2nnc(NC(=O)CN3C(=O)NC4(CCCCC4C)C3=O)s2)cc1. The number of aromatic nitrogens is 2. The third-order valence-electron chi connectivity index (χ3n) is 6.30. The zero-order chi connectivity index (χ0) is 22.2. The summed E-state index contributed by atoms with van der Waals surface area (Å²) in [5.74, 6) is -0.275. The lowest BCUT2D eigenvalue weighted by Crippen LogP contribution is -2.54. The van der Waals surface area contributed by atoms with Crippen LogP contribution < -0.4 is 10.6 Å². The Bertz CT molecular complexity index is 1000. The van der Waals surface area contributed by atoms with Crippen LogP contribution in [0.1, 0.15) is 57.9 Å². The van der Waals surface area contributed by atoms with Crippen molar-refractivity contribution in [3.63, 3.8) is 0 Å². The lowest BCUT2D eigenvalue weighted by molar-refractivity contribution is -0.136. The lowest BCUT2D eigenvalue weighted by Gasteiger charge is -2.36. The van der Waals surface area contributed by atoms with E-state index in [4.69, 9.17) is 0 Å². The molecule has 4 rings (SSSR count). The van der Waals surface area contributed by atoms with Crippen molar-refractivity contribution in [3.05, 3.63) is 29.8 Å². The molecular formula is C22H27N5O3S. The van der Waals surface area contributed by atoms with Gasteiger partial charge in [-0.3, -0.25) is 19.8 Å². The molecule has 31 heavy (non-hydrogen) atoms. The Morgan fingerprint density at radius 2 is 2.00 bits per heavy atom. The van der Waals surface area contributed by atoms with E-state index in [1.807, 2.05) is 19.1 Å². The zero-order valence-electron chi connectivity index (χ0n) is 18.0. The first kappa shape index (κ1) is 21.4. The third kappa shape index (κ3) is 4.06. The summed E-state index contributed by atoms with van der Waals surface area (Å²) in [4.78, 5) is 39.0. The molecule has 1 saturated carbocycles. The standard InChI is InChI=1S/C22H27N5O3S/c1-13(2)15-7-9-16(10-8-15)18-25-26-20(31-18)23-17(28)12-27-19(29)22(24-21(27)30)11-5-4-6-14(22)3/h7-10,13-14H,4-6,11-12H2,1-3H3,(H,24,30)(H,23,26,28). The molecule has 2 unspecified atom stereocenters. The van der Waals surface area contributed by atoms with Gasteiger partial charge in [0.15, 0.2) is 0 Å². The molecule has 2 aliphatic rings. The summed E-state index contributed by atoms with van der Waals surface area (Å²) in [6.07, 6.45) is 3.44. The molecule has 1 saturated heterocycles. The Labute approximate surface area is 185 Å². The molecule has 0 radical (unpaired) electrons. The second-order valence-electron chi connectivity index (χ2n) is 8.68. The molecule has 9 heteroatoms. The summed E-state index contributed by atoms with van der Waals surface area (Å²) in [5, 5.41) is 14.7. The Balaban J connectivity index is 1.40. The van der Waals surface area contributed by atoms with Gasteiger partial charge in [-0.25, -0.2) is 4.79 Å². The maximum atomic E-state index is 13.0. The molecule has 2 heterocycles. The molecule has 1 aromatic heterocycles. The molecule has 1 aromatic carbocycles. The number of carbonyl (C=O) groups excluding carboxylic acids is 3. The van der Waals surface area contributed by atoms with E-state index >= 15 is 0 Å². The van der Waals surface area contributed by atoms with Crippen LogP contribution in [0.15, 0.2) is 24.3 Å². The number of benzene rings is 1. The molecule has 1 aliphatic heterocycles. The first-order valence-corrected chi connectivity index (χ1v) is 11.5. The Kier molecular flexibility index (Phi) is 5.79. The number of amides is 4. The molecule has 8 nitrogen and oxygen atoms in total. The fourth-order valence-corrected chi connectivity index (χ4v) is 5.11. The van der Waals surface area contributed by atoms with Gasteiger partial charge in [0.25, 0.3) is 5.91 Å². The van der Waals surface area contributed by atoms with Gasteiger partial charge in [-0.1, -0.05) is 69.2 Å². The summed E-state index contributed by atoms with van der Waals surface area (Å²) in [6.45, 7) is 5.92. The van der Waals surface area contributed by atoms with Gasteiger partial charge in [0, 0.05) is 5.56 Å². The molecule has 4 amide bonds. The smallest absolute Gasteiger partial charge is 0.323 e. The number of urea groups is 1. The van der Waals surface area contributed by atoms with Crippen molar-refractivity contribution in [3.8, 4) is 10.6 Å². The lowest BCUT2D eigenvalue weighted by atomic mass is 9.73. The van der Waals surface area contributed by atoms with Crippen LogP contribution in [0.25, 0.3) is 10.6 Å². The summed E-state index contributed by atoms with van der Waals surface area (Å²) in [5.41, 5.74) is 1.29. The van der Waals surface area contributed by atoms with Gasteiger partial charge in [0.1, 0.15) is 17.1 Å². The first-order chi connectivity index (χ1) is 14.8. The Hall–Kier alpha value is -2.81. The van der Waals surface area contributed by atoms with Crippen LogP contribution in [0.2, 0.25) is 0 Å². The van der Waals surface area contributed by atoms with Crippen LogP contribution in [-0.2, 0) is 9.59 Å². The van der Waals surface area contributed by atoms with Crippen molar-refractivity contribution in [1.29, 1.82) is 0 Å². The molecule has 2 N–H and O–H groups in total. The van der Waals surface area contributed by atoms with Gasteiger partial charge in [-0.05, 0) is 30.2 Å². The maximum absolute atomic E-state index is 13.0. The van der Waals surface area contributed by atoms with Crippen LogP contribution in [0.3, 0.4) is 0 Å². The molecule has 0 bridgehead atoms. The van der Waals surface area contributed by atoms with Gasteiger partial charge in [-0.15, -0.1) is 10.2 Å². The van der Waals surface area contributed by atoms with Crippen molar-refractivity contribution < 1.29 is 14.4 Å². The molecule has 164 valence electrons. The van der Waals surface area contributed by atoms with E-state index in [-0.39, 0.29) is 18.4 Å². The normalized spacial score (nSPS) is 23.5. The maximum Gasteiger partial charge on any atom is 0.325 e. The van der Waals surface area contributed by atoms with Gasteiger partial charge in [0.2, 0.25) is 11.0 Å². The summed E-state index contributed by atoms with van der Waals surface area (Å²) in [6, 6.07) is 7.58. The van der Waals surface area contributed by atoms with Gasteiger partial charge in [-0.2, -0.15) is 0 Å². The summed E-state index contributed by atoms with van der Waals surface area (Å²) < 4.78 is 0. The second-order valence-corrected chi connectivity index (χ2v) is 9.65. The van der Waals surface area contributed by atoms with Crippen LogP contribution in [0.5, 0.6) is 0 Å². The van der Waals surface area contributed by atoms with E-state index < -0.39 is 17.5 Å². The quantitative estimate of drug-likeness (QED) is 0.688. The predicted octanol–water partition coefficient (Wildman–Crippen LogP) is 3.77. The van der Waals surface area contributed by atoms with Gasteiger partial charge < -0.3 is 5.32 Å². The van der Waals surface area contributed by atoms with Crippen molar-refractivity contribution in [2.45, 2.75) is 57.9 Å². The van der Waals surface area contributed by atoms with E-state index in [0.717, 1.165) is 29.7 Å². The Morgan fingerprint density at radius 3 is 2.68 bits per heavy atom. The number of hydrogen-bond acceptors (Lipinski definition) is 6. The number of nitrogens with zero attached hydrogens (tertiary/aromatic N) is 3.